The van der Waals surface area contributed by atoms with Crippen molar-refractivity contribution < 1.29 is 17.6 Å². The van der Waals surface area contributed by atoms with E-state index in [2.05, 4.69) is 10.0 Å². The van der Waals surface area contributed by atoms with Gasteiger partial charge in [-0.25, -0.2) is 12.8 Å². The van der Waals surface area contributed by atoms with Crippen LogP contribution in [0.4, 0.5) is 15.8 Å². The average Bonchev–Trinajstić information content (AvgIpc) is 3.04. The molecule has 0 radical (unpaired) electrons. The Morgan fingerprint density at radius 3 is 2.46 bits per heavy atom. The van der Waals surface area contributed by atoms with Crippen LogP contribution in [-0.2, 0) is 10.0 Å². The number of benzene rings is 2. The molecule has 0 spiro atoms. The van der Waals surface area contributed by atoms with Crippen LogP contribution in [0.5, 0.6) is 0 Å². The zero-order chi connectivity index (χ0) is 18.7. The van der Waals surface area contributed by atoms with Crippen LogP contribution in [-0.4, -0.2) is 20.6 Å². The second-order valence-corrected chi connectivity index (χ2v) is 8.39. The summed E-state index contributed by atoms with van der Waals surface area (Å²) in [6.45, 7) is 0. The van der Waals surface area contributed by atoms with Gasteiger partial charge in [-0.3, -0.25) is 9.52 Å². The minimum Gasteiger partial charge on any atom is -0.321 e. The Hall–Kier alpha value is -2.71. The van der Waals surface area contributed by atoms with Crippen LogP contribution in [0.25, 0.3) is 10.4 Å². The summed E-state index contributed by atoms with van der Waals surface area (Å²) in [6.07, 6.45) is 1.05. The maximum absolute atomic E-state index is 13.9. The van der Waals surface area contributed by atoms with E-state index >= 15 is 0 Å². The van der Waals surface area contributed by atoms with Crippen molar-refractivity contribution in [2.75, 3.05) is 16.3 Å². The van der Waals surface area contributed by atoms with Crippen LogP contribution >= 0.6 is 11.3 Å². The number of nitrogens with one attached hydrogen (secondary N) is 2. The van der Waals surface area contributed by atoms with E-state index in [-0.39, 0.29) is 11.7 Å². The van der Waals surface area contributed by atoms with Gasteiger partial charge in [0.2, 0.25) is 10.0 Å². The smallest absolute Gasteiger partial charge is 0.265 e. The highest BCUT2D eigenvalue weighted by Gasteiger charge is 2.13. The number of carbonyl (C=O) groups is 1. The van der Waals surface area contributed by atoms with Crippen LogP contribution < -0.4 is 10.0 Å². The van der Waals surface area contributed by atoms with Crippen LogP contribution in [0.3, 0.4) is 0 Å². The van der Waals surface area contributed by atoms with Crippen molar-refractivity contribution in [1.82, 2.24) is 0 Å². The highest BCUT2D eigenvalue weighted by Crippen LogP contribution is 2.30. The highest BCUT2D eigenvalue weighted by atomic mass is 32.2. The van der Waals surface area contributed by atoms with E-state index < -0.39 is 10.0 Å². The fourth-order valence-corrected chi connectivity index (χ4v) is 3.82. The van der Waals surface area contributed by atoms with Gasteiger partial charge in [0.1, 0.15) is 5.82 Å². The molecule has 0 saturated carbocycles. The standard InChI is InChI=1S/C18H15FN2O3S2/c1-26(23,24)21-13-6-4-5-12(11-13)20-18(22)17-10-9-16(25-17)14-7-2-3-8-15(14)19/h2-11,21H,1H3,(H,20,22). The number of thiophene rings is 1. The van der Waals surface area contributed by atoms with Gasteiger partial charge < -0.3 is 5.32 Å². The molecule has 0 fully saturated rings. The summed E-state index contributed by atoms with van der Waals surface area (Å²) in [5.41, 5.74) is 1.24. The monoisotopic (exact) mass is 390 g/mol. The van der Waals surface area contributed by atoms with Crippen molar-refractivity contribution in [2.24, 2.45) is 0 Å². The topological polar surface area (TPSA) is 75.3 Å². The Labute approximate surface area is 154 Å². The molecule has 0 unspecified atom stereocenters. The Bertz CT molecular complexity index is 1060. The summed E-state index contributed by atoms with van der Waals surface area (Å²) in [5.74, 6) is -0.699. The van der Waals surface area contributed by atoms with Crippen LogP contribution in [0.2, 0.25) is 0 Å². The van der Waals surface area contributed by atoms with Gasteiger partial charge >= 0.3 is 0 Å². The third-order valence-corrected chi connectivity index (χ3v) is 5.12. The zero-order valence-electron chi connectivity index (χ0n) is 13.7. The summed E-state index contributed by atoms with van der Waals surface area (Å²) in [7, 11) is -3.40. The predicted octanol–water partition coefficient (Wildman–Crippen LogP) is 4.18. The number of amides is 1. The molecular formula is C18H15FN2O3S2. The molecular weight excluding hydrogens is 375 g/mol. The molecule has 0 aliphatic carbocycles. The van der Waals surface area contributed by atoms with E-state index in [1.807, 2.05) is 0 Å². The number of hydrogen-bond donors (Lipinski definition) is 2. The lowest BCUT2D eigenvalue weighted by Crippen LogP contribution is -2.12. The first-order valence-electron chi connectivity index (χ1n) is 7.56. The van der Waals surface area contributed by atoms with Crippen molar-refractivity contribution in [3.05, 3.63) is 71.4 Å². The van der Waals surface area contributed by atoms with Crippen molar-refractivity contribution >= 4 is 38.6 Å². The molecule has 3 aromatic rings. The fraction of sp³-hybridized carbons (Fsp3) is 0.0556. The van der Waals surface area contributed by atoms with E-state index in [0.29, 0.717) is 26.7 Å². The molecule has 5 nitrogen and oxygen atoms in total. The molecule has 134 valence electrons. The lowest BCUT2D eigenvalue weighted by atomic mass is 10.2. The maximum Gasteiger partial charge on any atom is 0.265 e. The highest BCUT2D eigenvalue weighted by molar-refractivity contribution is 7.92. The number of anilines is 2. The van der Waals surface area contributed by atoms with Gasteiger partial charge in [0.05, 0.1) is 16.8 Å². The fourth-order valence-electron chi connectivity index (χ4n) is 2.33. The first-order valence-corrected chi connectivity index (χ1v) is 10.3. The predicted molar refractivity (Wildman–Crippen MR) is 103 cm³/mol. The summed E-state index contributed by atoms with van der Waals surface area (Å²) in [4.78, 5) is 13.5. The molecule has 0 aliphatic rings. The van der Waals surface area contributed by atoms with E-state index in [1.54, 1.807) is 48.5 Å². The number of rotatable bonds is 5. The van der Waals surface area contributed by atoms with Crippen LogP contribution in [0.15, 0.2) is 60.7 Å². The van der Waals surface area contributed by atoms with Gasteiger partial charge in [-0.2, -0.15) is 0 Å². The second-order valence-electron chi connectivity index (χ2n) is 5.55. The van der Waals surface area contributed by atoms with Gasteiger partial charge in [0.15, 0.2) is 0 Å². The maximum atomic E-state index is 13.9. The zero-order valence-corrected chi connectivity index (χ0v) is 15.3. The molecule has 2 aromatic carbocycles. The first kappa shape index (κ1) is 18.1. The van der Waals surface area contributed by atoms with E-state index in [9.17, 15) is 17.6 Å². The second kappa shape index (κ2) is 7.27. The minimum absolute atomic E-state index is 0.346. The average molecular weight is 390 g/mol. The van der Waals surface area contributed by atoms with E-state index in [0.717, 1.165) is 6.26 Å². The molecule has 1 heterocycles. The lowest BCUT2D eigenvalue weighted by Gasteiger charge is -2.07. The van der Waals surface area contributed by atoms with Gasteiger partial charge in [0, 0.05) is 16.1 Å². The van der Waals surface area contributed by atoms with Crippen LogP contribution in [0, 0.1) is 5.82 Å². The Morgan fingerprint density at radius 1 is 1.00 bits per heavy atom. The van der Waals surface area contributed by atoms with E-state index in [4.69, 9.17) is 0 Å². The molecule has 0 atom stereocenters. The Balaban J connectivity index is 1.77. The normalized spacial score (nSPS) is 11.2. The molecule has 0 aliphatic heterocycles. The van der Waals surface area contributed by atoms with Crippen molar-refractivity contribution in [3.63, 3.8) is 0 Å². The van der Waals surface area contributed by atoms with Crippen LogP contribution in [0.1, 0.15) is 9.67 Å². The quantitative estimate of drug-likeness (QED) is 0.686. The van der Waals surface area contributed by atoms with Crippen molar-refractivity contribution in [2.45, 2.75) is 0 Å². The van der Waals surface area contributed by atoms with Gasteiger partial charge in [0.25, 0.3) is 5.91 Å². The first-order chi connectivity index (χ1) is 12.3. The molecule has 2 N–H and O–H groups in total. The number of sulfonamides is 1. The van der Waals surface area contributed by atoms with Gasteiger partial charge in [-0.1, -0.05) is 24.3 Å². The molecule has 0 saturated heterocycles. The molecule has 0 bridgehead atoms. The molecule has 1 aromatic heterocycles. The van der Waals surface area contributed by atoms with Gasteiger partial charge in [-0.05, 0) is 36.4 Å². The number of carbonyl (C=O) groups excluding carboxylic acids is 1. The third kappa shape index (κ3) is 4.47. The largest absolute Gasteiger partial charge is 0.321 e. The van der Waals surface area contributed by atoms with Crippen molar-refractivity contribution in [3.8, 4) is 10.4 Å². The summed E-state index contributed by atoms with van der Waals surface area (Å²) in [5, 5.41) is 2.71. The lowest BCUT2D eigenvalue weighted by molar-refractivity contribution is 0.103. The molecule has 3 rings (SSSR count). The summed E-state index contributed by atoms with van der Waals surface area (Å²) in [6, 6.07) is 16.1. The van der Waals surface area contributed by atoms with Gasteiger partial charge in [-0.15, -0.1) is 11.3 Å². The van der Waals surface area contributed by atoms with E-state index in [1.165, 1.54) is 23.5 Å². The SMILES string of the molecule is CS(=O)(=O)Nc1cccc(NC(=O)c2ccc(-c3ccccc3F)s2)c1. The Kier molecular flexibility index (Phi) is 5.06. The summed E-state index contributed by atoms with van der Waals surface area (Å²) >= 11 is 1.18. The Morgan fingerprint density at radius 2 is 1.73 bits per heavy atom. The summed E-state index contributed by atoms with van der Waals surface area (Å²) < 4.78 is 38.8. The molecule has 1 amide bonds. The van der Waals surface area contributed by atoms with Crippen molar-refractivity contribution in [1.29, 1.82) is 0 Å². The third-order valence-electron chi connectivity index (χ3n) is 3.39. The molecule has 26 heavy (non-hydrogen) atoms. The minimum atomic E-state index is -3.40. The number of hydrogen-bond acceptors (Lipinski definition) is 4. The number of halogens is 1. The molecule has 8 heteroatoms.